The summed E-state index contributed by atoms with van der Waals surface area (Å²) in [5, 5.41) is 10.1. The number of benzene rings is 1. The second kappa shape index (κ2) is 7.49. The van der Waals surface area contributed by atoms with Gasteiger partial charge in [-0.1, -0.05) is 12.1 Å². The van der Waals surface area contributed by atoms with Crippen molar-refractivity contribution in [2.24, 2.45) is 5.92 Å². The van der Waals surface area contributed by atoms with Gasteiger partial charge in [-0.15, -0.1) is 0 Å². The van der Waals surface area contributed by atoms with Gasteiger partial charge in [0.25, 0.3) is 0 Å². The molecule has 0 saturated carbocycles. The first-order valence-electron chi connectivity index (χ1n) is 8.58. The zero-order valence-corrected chi connectivity index (χ0v) is 14.4. The van der Waals surface area contributed by atoms with Gasteiger partial charge < -0.3 is 10.6 Å². The monoisotopic (exact) mass is 366 g/mol. The third-order valence-electron chi connectivity index (χ3n) is 4.48. The van der Waals surface area contributed by atoms with E-state index in [-0.39, 0.29) is 17.4 Å². The molecule has 1 fully saturated rings. The number of alkyl halides is 3. The smallest absolute Gasteiger partial charge is 0.316 e. The number of hydrogen-bond donors (Lipinski definition) is 2. The van der Waals surface area contributed by atoms with Crippen LogP contribution in [0.3, 0.4) is 0 Å². The van der Waals surface area contributed by atoms with Crippen molar-refractivity contribution >= 4 is 11.7 Å². The minimum Gasteiger partial charge on any atom is -0.316 e. The van der Waals surface area contributed by atoms with E-state index in [0.29, 0.717) is 18.0 Å². The van der Waals surface area contributed by atoms with Crippen molar-refractivity contribution in [1.82, 2.24) is 15.1 Å². The van der Waals surface area contributed by atoms with E-state index in [4.69, 9.17) is 0 Å². The number of amides is 1. The molecule has 1 unspecified atom stereocenters. The van der Waals surface area contributed by atoms with Crippen LogP contribution in [0.15, 0.2) is 30.3 Å². The van der Waals surface area contributed by atoms with Crippen LogP contribution in [0, 0.1) is 12.8 Å². The highest BCUT2D eigenvalue weighted by molar-refractivity contribution is 5.90. The van der Waals surface area contributed by atoms with Crippen LogP contribution in [-0.2, 0) is 11.0 Å². The SMILES string of the molecule is Cc1cc(NC(=O)CCC2CCNC2)n(-c2ccccc2C(F)(F)F)n1. The molecule has 1 aliphatic heterocycles. The van der Waals surface area contributed by atoms with Gasteiger partial charge in [-0.05, 0) is 50.9 Å². The van der Waals surface area contributed by atoms with Gasteiger partial charge >= 0.3 is 6.18 Å². The van der Waals surface area contributed by atoms with Crippen LogP contribution >= 0.6 is 0 Å². The van der Waals surface area contributed by atoms with Gasteiger partial charge in [0.05, 0.1) is 16.9 Å². The normalized spacial score (nSPS) is 17.5. The van der Waals surface area contributed by atoms with Gasteiger partial charge in [-0.2, -0.15) is 18.3 Å². The molecule has 0 spiro atoms. The van der Waals surface area contributed by atoms with Crippen LogP contribution in [-0.4, -0.2) is 28.8 Å². The van der Waals surface area contributed by atoms with Crippen molar-refractivity contribution in [3.8, 4) is 5.69 Å². The van der Waals surface area contributed by atoms with Gasteiger partial charge in [0.2, 0.25) is 5.91 Å². The molecule has 1 saturated heterocycles. The van der Waals surface area contributed by atoms with Crippen LogP contribution < -0.4 is 10.6 Å². The fraction of sp³-hybridized carbons (Fsp3) is 0.444. The number of aromatic nitrogens is 2. The molecule has 1 amide bonds. The van der Waals surface area contributed by atoms with Gasteiger partial charge in [0.15, 0.2) is 0 Å². The average Bonchev–Trinajstić information content (AvgIpc) is 3.22. The van der Waals surface area contributed by atoms with Crippen molar-refractivity contribution in [3.63, 3.8) is 0 Å². The van der Waals surface area contributed by atoms with E-state index in [0.717, 1.165) is 36.7 Å². The number of hydrogen-bond acceptors (Lipinski definition) is 3. The molecule has 0 bridgehead atoms. The van der Waals surface area contributed by atoms with E-state index in [1.807, 2.05) is 0 Å². The number of rotatable bonds is 5. The van der Waals surface area contributed by atoms with E-state index in [9.17, 15) is 18.0 Å². The Bertz CT molecular complexity index is 779. The van der Waals surface area contributed by atoms with E-state index in [1.54, 1.807) is 13.0 Å². The number of halogens is 3. The quantitative estimate of drug-likeness (QED) is 0.851. The Kier molecular flexibility index (Phi) is 5.31. The van der Waals surface area contributed by atoms with Crippen LogP contribution in [0.2, 0.25) is 0 Å². The lowest BCUT2D eigenvalue weighted by molar-refractivity contribution is -0.137. The lowest BCUT2D eigenvalue weighted by Crippen LogP contribution is -2.18. The van der Waals surface area contributed by atoms with Gasteiger partial charge in [0, 0.05) is 12.5 Å². The summed E-state index contributed by atoms with van der Waals surface area (Å²) in [7, 11) is 0. The molecule has 26 heavy (non-hydrogen) atoms. The summed E-state index contributed by atoms with van der Waals surface area (Å²) in [6.07, 6.45) is -2.38. The highest BCUT2D eigenvalue weighted by Gasteiger charge is 2.34. The lowest BCUT2D eigenvalue weighted by Gasteiger charge is -2.15. The Morgan fingerprint density at radius 3 is 2.85 bits per heavy atom. The first-order valence-corrected chi connectivity index (χ1v) is 8.58. The first-order chi connectivity index (χ1) is 12.3. The van der Waals surface area contributed by atoms with Gasteiger partial charge in [-0.25, -0.2) is 4.68 Å². The number of anilines is 1. The zero-order valence-electron chi connectivity index (χ0n) is 14.4. The molecule has 1 aliphatic rings. The second-order valence-electron chi connectivity index (χ2n) is 6.54. The maximum Gasteiger partial charge on any atom is 0.418 e. The number of nitrogens with one attached hydrogen (secondary N) is 2. The number of para-hydroxylation sites is 1. The molecular formula is C18H21F3N4O. The highest BCUT2D eigenvalue weighted by Crippen LogP contribution is 2.34. The largest absolute Gasteiger partial charge is 0.418 e. The number of nitrogens with zero attached hydrogens (tertiary/aromatic N) is 2. The number of aryl methyl sites for hydroxylation is 1. The van der Waals surface area contributed by atoms with Crippen LogP contribution in [0.4, 0.5) is 19.0 Å². The molecule has 5 nitrogen and oxygen atoms in total. The summed E-state index contributed by atoms with van der Waals surface area (Å²) in [5.74, 6) is 0.495. The number of carbonyl (C=O) groups excluding carboxylic acids is 1. The Hall–Kier alpha value is -2.35. The van der Waals surface area contributed by atoms with Crippen LogP contribution in [0.5, 0.6) is 0 Å². The maximum absolute atomic E-state index is 13.3. The van der Waals surface area contributed by atoms with Gasteiger partial charge in [0.1, 0.15) is 5.82 Å². The standard InChI is InChI=1S/C18H21F3N4O/c1-12-10-16(23-17(26)7-6-13-8-9-22-11-13)25(24-12)15-5-3-2-4-14(15)18(19,20)21/h2-5,10,13,22H,6-9,11H2,1H3,(H,23,26). The van der Waals surface area contributed by atoms with Gasteiger partial charge in [-0.3, -0.25) is 4.79 Å². The Labute approximate surface area is 149 Å². The van der Waals surface area contributed by atoms with E-state index >= 15 is 0 Å². The van der Waals surface area contributed by atoms with Crippen molar-refractivity contribution in [3.05, 3.63) is 41.6 Å². The second-order valence-corrected chi connectivity index (χ2v) is 6.54. The Balaban J connectivity index is 1.79. The molecule has 1 atom stereocenters. The molecule has 2 N–H and O–H groups in total. The molecule has 1 aromatic heterocycles. The topological polar surface area (TPSA) is 59.0 Å². The predicted molar refractivity (Wildman–Crippen MR) is 92.1 cm³/mol. The van der Waals surface area contributed by atoms with Crippen molar-refractivity contribution in [2.75, 3.05) is 18.4 Å². The fourth-order valence-electron chi connectivity index (χ4n) is 3.17. The molecule has 0 radical (unpaired) electrons. The summed E-state index contributed by atoms with van der Waals surface area (Å²) >= 11 is 0. The highest BCUT2D eigenvalue weighted by atomic mass is 19.4. The van der Waals surface area contributed by atoms with E-state index < -0.39 is 11.7 Å². The molecule has 1 aromatic carbocycles. The summed E-state index contributed by atoms with van der Waals surface area (Å²) < 4.78 is 41.0. The van der Waals surface area contributed by atoms with E-state index in [2.05, 4.69) is 15.7 Å². The van der Waals surface area contributed by atoms with Crippen molar-refractivity contribution in [2.45, 2.75) is 32.4 Å². The average molecular weight is 366 g/mol. The van der Waals surface area contributed by atoms with E-state index in [1.165, 1.54) is 18.2 Å². The predicted octanol–water partition coefficient (Wildman–Crippen LogP) is 3.53. The summed E-state index contributed by atoms with van der Waals surface area (Å²) in [6, 6.07) is 6.76. The third-order valence-corrected chi connectivity index (χ3v) is 4.48. The van der Waals surface area contributed by atoms with Crippen molar-refractivity contribution < 1.29 is 18.0 Å². The van der Waals surface area contributed by atoms with Crippen LogP contribution in [0.25, 0.3) is 5.69 Å². The van der Waals surface area contributed by atoms with Crippen LogP contribution in [0.1, 0.15) is 30.5 Å². The molecule has 0 aliphatic carbocycles. The number of carbonyl (C=O) groups is 1. The Morgan fingerprint density at radius 1 is 1.38 bits per heavy atom. The molecule has 8 heteroatoms. The molecule has 2 aromatic rings. The fourth-order valence-corrected chi connectivity index (χ4v) is 3.17. The molecule has 2 heterocycles. The lowest BCUT2D eigenvalue weighted by atomic mass is 10.0. The first kappa shape index (κ1) is 18.4. The zero-order chi connectivity index (χ0) is 18.7. The molecular weight excluding hydrogens is 345 g/mol. The van der Waals surface area contributed by atoms with Crippen molar-refractivity contribution in [1.29, 1.82) is 0 Å². The molecule has 3 rings (SSSR count). The minimum atomic E-state index is -4.51. The third kappa shape index (κ3) is 4.24. The summed E-state index contributed by atoms with van der Waals surface area (Å²) in [6.45, 7) is 3.54. The maximum atomic E-state index is 13.3. The Morgan fingerprint density at radius 2 is 2.15 bits per heavy atom. The summed E-state index contributed by atoms with van der Waals surface area (Å²) in [4.78, 5) is 12.2. The minimum absolute atomic E-state index is 0.108. The molecule has 140 valence electrons. The summed E-state index contributed by atoms with van der Waals surface area (Å²) in [5.41, 5.74) is -0.378.